The molecule has 2 aromatic heterocycles. The molecule has 11 heteroatoms. The molecule has 1 atom stereocenters. The minimum absolute atomic E-state index is 0.0498. The number of ether oxygens (including phenoxy) is 2. The third kappa shape index (κ3) is 6.00. The zero-order valence-corrected chi connectivity index (χ0v) is 20.5. The number of rotatable bonds is 7. The summed E-state index contributed by atoms with van der Waals surface area (Å²) >= 11 is 0. The zero-order valence-electron chi connectivity index (χ0n) is 20.5. The number of hydrogen-bond acceptors (Lipinski definition) is 8. The molecule has 0 bridgehead atoms. The molecular formula is C25H34F3N5O3. The zero-order chi connectivity index (χ0) is 25.3. The van der Waals surface area contributed by atoms with Gasteiger partial charge < -0.3 is 19.9 Å². The van der Waals surface area contributed by atoms with Gasteiger partial charge in [-0.2, -0.15) is 13.2 Å². The number of pyridine rings is 1. The highest BCUT2D eigenvalue weighted by atomic mass is 19.4. The summed E-state index contributed by atoms with van der Waals surface area (Å²) in [5.41, 5.74) is 1.58. The fraction of sp³-hybridized carbons (Fsp3) is 0.720. The molecule has 0 aromatic carbocycles. The fourth-order valence-corrected chi connectivity index (χ4v) is 5.52. The molecule has 198 valence electrons. The molecule has 3 heterocycles. The summed E-state index contributed by atoms with van der Waals surface area (Å²) < 4.78 is 50.2. The van der Waals surface area contributed by atoms with Gasteiger partial charge in [0, 0.05) is 56.0 Å². The predicted molar refractivity (Wildman–Crippen MR) is 128 cm³/mol. The maximum Gasteiger partial charge on any atom is 0.391 e. The number of hydrogen-bond donors (Lipinski definition) is 2. The van der Waals surface area contributed by atoms with Crippen LogP contribution in [-0.4, -0.2) is 81.7 Å². The van der Waals surface area contributed by atoms with Gasteiger partial charge in [-0.1, -0.05) is 0 Å². The molecule has 0 unspecified atom stereocenters. The molecule has 2 saturated carbocycles. The first-order valence-electron chi connectivity index (χ1n) is 12.9. The van der Waals surface area contributed by atoms with Gasteiger partial charge >= 0.3 is 6.18 Å². The predicted octanol–water partition coefficient (Wildman–Crippen LogP) is 4.04. The van der Waals surface area contributed by atoms with Crippen molar-refractivity contribution < 1.29 is 27.8 Å². The van der Waals surface area contributed by atoms with E-state index < -0.39 is 18.6 Å². The van der Waals surface area contributed by atoms with E-state index in [-0.39, 0.29) is 24.1 Å². The molecule has 3 aliphatic rings. The quantitative estimate of drug-likeness (QED) is 0.578. The maximum absolute atomic E-state index is 12.8. The second-order valence-electron chi connectivity index (χ2n) is 10.4. The smallest absolute Gasteiger partial charge is 0.391 e. The number of aliphatic hydroxyl groups is 1. The SMILES string of the molecule is C[C@@H](CC(F)(F)F)Nc1ncc2c(OC3CC(N4CCOCC4)C3)ncc(C3CCC(O)CC3)c2n1. The maximum atomic E-state index is 12.8. The largest absolute Gasteiger partial charge is 0.474 e. The average Bonchev–Trinajstić information content (AvgIpc) is 2.81. The topological polar surface area (TPSA) is 92.6 Å². The number of alkyl halides is 3. The lowest BCUT2D eigenvalue weighted by molar-refractivity contribution is -0.136. The first-order chi connectivity index (χ1) is 17.2. The van der Waals surface area contributed by atoms with Crippen molar-refractivity contribution in [2.24, 2.45) is 0 Å². The fourth-order valence-electron chi connectivity index (χ4n) is 5.52. The number of aliphatic hydroxyl groups excluding tert-OH is 1. The van der Waals surface area contributed by atoms with Gasteiger partial charge in [-0.25, -0.2) is 15.0 Å². The number of anilines is 1. The van der Waals surface area contributed by atoms with Crippen LogP contribution in [0.4, 0.5) is 19.1 Å². The number of nitrogens with one attached hydrogen (secondary N) is 1. The Morgan fingerprint density at radius 1 is 1.14 bits per heavy atom. The van der Waals surface area contributed by atoms with Gasteiger partial charge in [-0.15, -0.1) is 0 Å². The highest BCUT2D eigenvalue weighted by molar-refractivity contribution is 5.86. The van der Waals surface area contributed by atoms with Crippen molar-refractivity contribution >= 4 is 16.9 Å². The third-order valence-corrected chi connectivity index (χ3v) is 7.57. The Morgan fingerprint density at radius 3 is 2.56 bits per heavy atom. The van der Waals surface area contributed by atoms with Crippen LogP contribution in [0.2, 0.25) is 0 Å². The molecule has 3 fully saturated rings. The molecule has 5 rings (SSSR count). The van der Waals surface area contributed by atoms with E-state index >= 15 is 0 Å². The summed E-state index contributed by atoms with van der Waals surface area (Å²) in [5, 5.41) is 13.4. The van der Waals surface area contributed by atoms with Crippen molar-refractivity contribution in [2.45, 2.75) is 88.3 Å². The molecule has 2 aliphatic carbocycles. The van der Waals surface area contributed by atoms with E-state index in [0.29, 0.717) is 35.7 Å². The monoisotopic (exact) mass is 509 g/mol. The summed E-state index contributed by atoms with van der Waals surface area (Å²) in [5.74, 6) is 0.789. The molecule has 1 saturated heterocycles. The summed E-state index contributed by atoms with van der Waals surface area (Å²) in [6.07, 6.45) is 2.75. The first kappa shape index (κ1) is 25.4. The van der Waals surface area contributed by atoms with Crippen LogP contribution in [0.3, 0.4) is 0 Å². The number of fused-ring (bicyclic) bond motifs is 1. The van der Waals surface area contributed by atoms with E-state index in [1.165, 1.54) is 6.92 Å². The van der Waals surface area contributed by atoms with Crippen molar-refractivity contribution in [3.8, 4) is 5.88 Å². The molecule has 2 aromatic rings. The summed E-state index contributed by atoms with van der Waals surface area (Å²) in [4.78, 5) is 16.0. The standard InChI is InChI=1S/C25H34F3N5O3/c1-15(12-25(26,27)28)31-24-30-14-21-22(32-24)20(16-2-4-18(34)5-3-16)13-29-23(21)36-19-10-17(11-19)33-6-8-35-9-7-33/h13-19,34H,2-12H2,1H3,(H,30,31,32)/t15-,16?,17?,18?,19?/m0/s1. The molecule has 0 spiro atoms. The lowest BCUT2D eigenvalue weighted by Gasteiger charge is -2.43. The average molecular weight is 510 g/mol. The highest BCUT2D eigenvalue weighted by Crippen LogP contribution is 2.39. The lowest BCUT2D eigenvalue weighted by Crippen LogP contribution is -2.52. The molecule has 0 amide bonds. The van der Waals surface area contributed by atoms with Gasteiger partial charge in [0.2, 0.25) is 11.8 Å². The minimum atomic E-state index is -4.27. The Labute approximate surface area is 208 Å². The molecule has 1 aliphatic heterocycles. The van der Waals surface area contributed by atoms with Crippen LogP contribution >= 0.6 is 0 Å². The minimum Gasteiger partial charge on any atom is -0.474 e. The van der Waals surface area contributed by atoms with Gasteiger partial charge in [0.1, 0.15) is 6.10 Å². The van der Waals surface area contributed by atoms with Crippen LogP contribution in [0, 0.1) is 0 Å². The van der Waals surface area contributed by atoms with E-state index in [4.69, 9.17) is 9.47 Å². The number of nitrogens with zero attached hydrogens (tertiary/aromatic N) is 4. The number of aromatic nitrogens is 3. The van der Waals surface area contributed by atoms with Gasteiger partial charge in [-0.05, 0) is 38.5 Å². The van der Waals surface area contributed by atoms with Crippen LogP contribution in [0.5, 0.6) is 5.88 Å². The van der Waals surface area contributed by atoms with Crippen LogP contribution < -0.4 is 10.1 Å². The summed E-state index contributed by atoms with van der Waals surface area (Å²) in [6.45, 7) is 4.89. The Hall–Kier alpha value is -2.24. The Bertz CT molecular complexity index is 1040. The van der Waals surface area contributed by atoms with Gasteiger partial charge in [0.05, 0.1) is 36.6 Å². The van der Waals surface area contributed by atoms with Crippen LogP contribution in [0.25, 0.3) is 10.9 Å². The second-order valence-corrected chi connectivity index (χ2v) is 10.4. The summed E-state index contributed by atoms with van der Waals surface area (Å²) in [7, 11) is 0. The van der Waals surface area contributed by atoms with Crippen molar-refractivity contribution in [2.75, 3.05) is 31.6 Å². The molecular weight excluding hydrogens is 475 g/mol. The normalized spacial score (nSPS) is 28.5. The van der Waals surface area contributed by atoms with Gasteiger partial charge in [-0.3, -0.25) is 4.90 Å². The van der Waals surface area contributed by atoms with Crippen molar-refractivity contribution in [1.29, 1.82) is 0 Å². The van der Waals surface area contributed by atoms with E-state index in [0.717, 1.165) is 57.6 Å². The van der Waals surface area contributed by atoms with Gasteiger partial charge in [0.25, 0.3) is 0 Å². The third-order valence-electron chi connectivity index (χ3n) is 7.57. The van der Waals surface area contributed by atoms with Crippen molar-refractivity contribution in [3.05, 3.63) is 18.0 Å². The second kappa shape index (κ2) is 10.6. The lowest BCUT2D eigenvalue weighted by atomic mass is 9.82. The number of morpholine rings is 1. The van der Waals surface area contributed by atoms with E-state index in [2.05, 4.69) is 25.2 Å². The Kier molecular flexibility index (Phi) is 7.50. The Balaban J connectivity index is 1.36. The van der Waals surface area contributed by atoms with Crippen LogP contribution in [-0.2, 0) is 4.74 Å². The van der Waals surface area contributed by atoms with Crippen molar-refractivity contribution in [3.63, 3.8) is 0 Å². The van der Waals surface area contributed by atoms with Crippen LogP contribution in [0.15, 0.2) is 12.4 Å². The molecule has 0 radical (unpaired) electrons. The van der Waals surface area contributed by atoms with Crippen LogP contribution in [0.1, 0.15) is 63.4 Å². The van der Waals surface area contributed by atoms with Gasteiger partial charge in [0.15, 0.2) is 0 Å². The van der Waals surface area contributed by atoms with E-state index in [1.54, 1.807) is 12.4 Å². The van der Waals surface area contributed by atoms with E-state index in [9.17, 15) is 18.3 Å². The Morgan fingerprint density at radius 2 is 1.86 bits per heavy atom. The molecule has 36 heavy (non-hydrogen) atoms. The van der Waals surface area contributed by atoms with Crippen molar-refractivity contribution in [1.82, 2.24) is 19.9 Å². The summed E-state index contributed by atoms with van der Waals surface area (Å²) in [6, 6.07) is -0.374. The van der Waals surface area contributed by atoms with E-state index in [1.807, 2.05) is 0 Å². The highest BCUT2D eigenvalue weighted by Gasteiger charge is 2.36. The molecule has 8 nitrogen and oxygen atoms in total. The molecule has 2 N–H and O–H groups in total. The number of halogens is 3. The first-order valence-corrected chi connectivity index (χ1v) is 12.9.